The number of benzene rings is 1. The molecule has 1 aromatic carbocycles. The Balaban J connectivity index is 2.26. The molecule has 2 unspecified atom stereocenters. The number of aliphatic hydroxyl groups is 1. The Bertz CT molecular complexity index is 493. The van der Waals surface area contributed by atoms with Gasteiger partial charge in [-0.2, -0.15) is 5.10 Å². The number of hydrogen-bond donors (Lipinski definition) is 1. The lowest BCUT2D eigenvalue weighted by Gasteiger charge is -2.20. The zero-order valence-corrected chi connectivity index (χ0v) is 10.3. The van der Waals surface area contributed by atoms with Gasteiger partial charge in [0.05, 0.1) is 6.04 Å². The molecule has 0 radical (unpaired) electrons. The summed E-state index contributed by atoms with van der Waals surface area (Å²) in [7, 11) is 0. The normalized spacial score (nSPS) is 14.6. The number of nitrogens with zero attached hydrogens (tertiary/aromatic N) is 3. The van der Waals surface area contributed by atoms with Gasteiger partial charge in [-0.1, -0.05) is 30.3 Å². The summed E-state index contributed by atoms with van der Waals surface area (Å²) < 4.78 is 1.77. The summed E-state index contributed by atoms with van der Waals surface area (Å²) in [5.74, 6) is 1.56. The largest absolute Gasteiger partial charge is 0.386 e. The molecule has 4 heteroatoms. The first kappa shape index (κ1) is 11.8. The molecule has 90 valence electrons. The van der Waals surface area contributed by atoms with Gasteiger partial charge in [-0.15, -0.1) is 0 Å². The Morgan fingerprint density at radius 2 is 1.82 bits per heavy atom. The molecule has 0 aliphatic rings. The second-order valence-electron chi connectivity index (χ2n) is 4.25. The molecule has 4 nitrogen and oxygen atoms in total. The summed E-state index contributed by atoms with van der Waals surface area (Å²) in [5, 5.41) is 14.6. The highest BCUT2D eigenvalue weighted by Gasteiger charge is 2.20. The fraction of sp³-hybridized carbons (Fsp3) is 0.385. The average molecular weight is 231 g/mol. The van der Waals surface area contributed by atoms with E-state index in [4.69, 9.17) is 0 Å². The van der Waals surface area contributed by atoms with Gasteiger partial charge in [0, 0.05) is 0 Å². The highest BCUT2D eigenvalue weighted by Crippen LogP contribution is 2.25. The van der Waals surface area contributed by atoms with Crippen molar-refractivity contribution in [1.82, 2.24) is 14.8 Å². The van der Waals surface area contributed by atoms with Crippen LogP contribution in [-0.2, 0) is 0 Å². The predicted molar refractivity (Wildman–Crippen MR) is 65.6 cm³/mol. The van der Waals surface area contributed by atoms with Gasteiger partial charge in [-0.05, 0) is 26.3 Å². The molecule has 1 heterocycles. The average Bonchev–Trinajstić information content (AvgIpc) is 2.68. The number of aromatic nitrogens is 3. The van der Waals surface area contributed by atoms with Crippen LogP contribution in [0.4, 0.5) is 0 Å². The molecular formula is C13H17N3O. The third kappa shape index (κ3) is 2.36. The van der Waals surface area contributed by atoms with Gasteiger partial charge in [0.1, 0.15) is 17.8 Å². The number of aryl methyl sites for hydroxylation is 2. The van der Waals surface area contributed by atoms with Crippen molar-refractivity contribution in [3.63, 3.8) is 0 Å². The molecule has 0 fully saturated rings. The smallest absolute Gasteiger partial charge is 0.147 e. The van der Waals surface area contributed by atoms with Crippen molar-refractivity contribution in [2.75, 3.05) is 0 Å². The van der Waals surface area contributed by atoms with E-state index in [0.717, 1.165) is 17.2 Å². The number of hydrogen-bond acceptors (Lipinski definition) is 3. The Labute approximate surface area is 101 Å². The van der Waals surface area contributed by atoms with Crippen LogP contribution in [0, 0.1) is 13.8 Å². The fourth-order valence-corrected chi connectivity index (χ4v) is 1.98. The van der Waals surface area contributed by atoms with Crippen LogP contribution >= 0.6 is 0 Å². The molecule has 2 rings (SSSR count). The Kier molecular flexibility index (Phi) is 3.24. The fourth-order valence-electron chi connectivity index (χ4n) is 1.98. The maximum Gasteiger partial charge on any atom is 0.147 e. The molecule has 0 saturated heterocycles. The standard InChI is InChI=1S/C13H17N3O/c1-9(16-11(3)14-10(2)15-16)13(17)12-7-5-4-6-8-12/h4-9,13,17H,1-3H3. The molecular weight excluding hydrogens is 214 g/mol. The molecule has 1 N–H and O–H groups in total. The van der Waals surface area contributed by atoms with Gasteiger partial charge in [0.25, 0.3) is 0 Å². The van der Waals surface area contributed by atoms with E-state index < -0.39 is 6.10 Å². The third-order valence-corrected chi connectivity index (χ3v) is 2.89. The number of aliphatic hydroxyl groups excluding tert-OH is 1. The van der Waals surface area contributed by atoms with Crippen LogP contribution in [0.5, 0.6) is 0 Å². The Morgan fingerprint density at radius 1 is 1.18 bits per heavy atom. The van der Waals surface area contributed by atoms with Gasteiger partial charge >= 0.3 is 0 Å². The molecule has 2 aromatic rings. The minimum Gasteiger partial charge on any atom is -0.386 e. The molecule has 0 aliphatic heterocycles. The second kappa shape index (κ2) is 4.67. The van der Waals surface area contributed by atoms with E-state index in [2.05, 4.69) is 10.1 Å². The van der Waals surface area contributed by atoms with E-state index in [1.165, 1.54) is 0 Å². The molecule has 1 aromatic heterocycles. The van der Waals surface area contributed by atoms with Gasteiger partial charge in [-0.3, -0.25) is 0 Å². The summed E-state index contributed by atoms with van der Waals surface area (Å²) in [6, 6.07) is 9.49. The van der Waals surface area contributed by atoms with Gasteiger partial charge in [-0.25, -0.2) is 9.67 Å². The van der Waals surface area contributed by atoms with Gasteiger partial charge in [0.15, 0.2) is 0 Å². The van der Waals surface area contributed by atoms with Crippen LogP contribution in [-0.4, -0.2) is 19.9 Å². The van der Waals surface area contributed by atoms with E-state index in [1.54, 1.807) is 4.68 Å². The zero-order chi connectivity index (χ0) is 12.4. The lowest BCUT2D eigenvalue weighted by atomic mass is 10.0. The molecule has 0 spiro atoms. The highest BCUT2D eigenvalue weighted by atomic mass is 16.3. The van der Waals surface area contributed by atoms with Crippen molar-refractivity contribution in [3.05, 3.63) is 47.5 Å². The second-order valence-corrected chi connectivity index (χ2v) is 4.25. The van der Waals surface area contributed by atoms with Crippen LogP contribution in [0.3, 0.4) is 0 Å². The highest BCUT2D eigenvalue weighted by molar-refractivity contribution is 5.18. The first-order valence-electron chi connectivity index (χ1n) is 5.72. The predicted octanol–water partition coefficient (Wildman–Crippen LogP) is 2.19. The molecule has 17 heavy (non-hydrogen) atoms. The minimum atomic E-state index is -0.573. The molecule has 0 bridgehead atoms. The van der Waals surface area contributed by atoms with E-state index >= 15 is 0 Å². The van der Waals surface area contributed by atoms with Crippen LogP contribution in [0.15, 0.2) is 30.3 Å². The van der Waals surface area contributed by atoms with Crippen molar-refractivity contribution < 1.29 is 5.11 Å². The monoisotopic (exact) mass is 231 g/mol. The van der Waals surface area contributed by atoms with Crippen molar-refractivity contribution >= 4 is 0 Å². The summed E-state index contributed by atoms with van der Waals surface area (Å²) >= 11 is 0. The van der Waals surface area contributed by atoms with Crippen molar-refractivity contribution in [2.24, 2.45) is 0 Å². The van der Waals surface area contributed by atoms with Crippen molar-refractivity contribution in [2.45, 2.75) is 32.9 Å². The first-order valence-corrected chi connectivity index (χ1v) is 5.72. The van der Waals surface area contributed by atoms with Crippen molar-refractivity contribution in [3.8, 4) is 0 Å². The summed E-state index contributed by atoms with van der Waals surface area (Å²) in [6.45, 7) is 5.69. The zero-order valence-electron chi connectivity index (χ0n) is 10.3. The van der Waals surface area contributed by atoms with Crippen LogP contribution in [0.1, 0.15) is 36.3 Å². The summed E-state index contributed by atoms with van der Waals surface area (Å²) in [5.41, 5.74) is 0.896. The van der Waals surface area contributed by atoms with Crippen LogP contribution < -0.4 is 0 Å². The van der Waals surface area contributed by atoms with E-state index in [0.29, 0.717) is 0 Å². The SMILES string of the molecule is Cc1nc(C)n(C(C)C(O)c2ccccc2)n1. The van der Waals surface area contributed by atoms with Crippen LogP contribution in [0.2, 0.25) is 0 Å². The minimum absolute atomic E-state index is 0.126. The van der Waals surface area contributed by atoms with Crippen LogP contribution in [0.25, 0.3) is 0 Å². The van der Waals surface area contributed by atoms with Gasteiger partial charge in [0.2, 0.25) is 0 Å². The van der Waals surface area contributed by atoms with E-state index in [1.807, 2.05) is 51.1 Å². The molecule has 2 atom stereocenters. The van der Waals surface area contributed by atoms with Gasteiger partial charge < -0.3 is 5.11 Å². The number of rotatable bonds is 3. The first-order chi connectivity index (χ1) is 8.09. The summed E-state index contributed by atoms with van der Waals surface area (Å²) in [4.78, 5) is 4.25. The maximum absolute atomic E-state index is 10.3. The van der Waals surface area contributed by atoms with E-state index in [9.17, 15) is 5.11 Å². The maximum atomic E-state index is 10.3. The molecule has 0 saturated carbocycles. The quantitative estimate of drug-likeness (QED) is 0.881. The molecule has 0 aliphatic carbocycles. The summed E-state index contributed by atoms with van der Waals surface area (Å²) in [6.07, 6.45) is -0.573. The lowest BCUT2D eigenvalue weighted by Crippen LogP contribution is -2.17. The Morgan fingerprint density at radius 3 is 2.35 bits per heavy atom. The third-order valence-electron chi connectivity index (χ3n) is 2.89. The topological polar surface area (TPSA) is 50.9 Å². The van der Waals surface area contributed by atoms with Crippen molar-refractivity contribution in [1.29, 1.82) is 0 Å². The van der Waals surface area contributed by atoms with E-state index in [-0.39, 0.29) is 6.04 Å². The molecule has 0 amide bonds. The lowest BCUT2D eigenvalue weighted by molar-refractivity contribution is 0.114. The Hall–Kier alpha value is -1.68.